The SMILES string of the molecule is CC(C)C[O][Ti]([OH])([OH])[O]CC(C)C.CCOC(=O)CC(C)=O.CCOC(=O)CC(C)=O. The van der Waals surface area contributed by atoms with Gasteiger partial charge in [-0.3, -0.25) is 19.2 Å². The fraction of sp³-hybridized carbons (Fsp3) is 0.800. The average Bonchev–Trinajstić information content (AvgIpc) is 2.59. The standard InChI is InChI=1S/2C6H10O3.2C4H9O.2H2O.Ti/c2*1-3-9-6(8)4-5(2)7;2*1-4(2)3-5;;;/h2*3-4H2,1-2H3;2*4H,3H2,1-2H3;2*1H2;/q;;2*-1;;;+4/p-2. The molecule has 0 unspecified atom stereocenters. The molecule has 0 aliphatic carbocycles. The average molecular weight is 488 g/mol. The third-order valence-electron chi connectivity index (χ3n) is 2.61. The van der Waals surface area contributed by atoms with E-state index in [0.29, 0.717) is 26.4 Å². The van der Waals surface area contributed by atoms with Crippen LogP contribution in [0.25, 0.3) is 0 Å². The molecule has 31 heavy (non-hydrogen) atoms. The Labute approximate surface area is 190 Å². The minimum atomic E-state index is -4.32. The molecule has 2 N–H and O–H groups in total. The Morgan fingerprint density at radius 2 is 1.00 bits per heavy atom. The predicted molar refractivity (Wildman–Crippen MR) is 110 cm³/mol. The van der Waals surface area contributed by atoms with Crippen LogP contribution in [-0.4, -0.2) is 57.3 Å². The maximum atomic E-state index is 10.4. The van der Waals surface area contributed by atoms with Crippen LogP contribution in [0.2, 0.25) is 0 Å². The number of ketones is 2. The van der Waals surface area contributed by atoms with Crippen molar-refractivity contribution in [1.29, 1.82) is 0 Å². The second-order valence-corrected chi connectivity index (χ2v) is 9.94. The monoisotopic (exact) mass is 488 g/mol. The number of rotatable bonds is 12. The molecule has 0 aromatic carbocycles. The Hall–Kier alpha value is -1.17. The van der Waals surface area contributed by atoms with E-state index in [-0.39, 0.29) is 36.2 Å². The zero-order valence-corrected chi connectivity index (χ0v) is 21.6. The predicted octanol–water partition coefficient (Wildman–Crippen LogP) is 2.19. The van der Waals surface area contributed by atoms with E-state index in [9.17, 15) is 26.6 Å². The number of carbonyl (C=O) groups is 4. The second-order valence-electron chi connectivity index (χ2n) is 7.33. The number of Topliss-reactive ketones (excluding diaryl/α,β-unsaturated/α-hetero) is 2. The first-order valence-electron chi connectivity index (χ1n) is 10.2. The van der Waals surface area contributed by atoms with Crippen LogP contribution < -0.4 is 0 Å². The summed E-state index contributed by atoms with van der Waals surface area (Å²) < 4.78 is 37.4. The van der Waals surface area contributed by atoms with Gasteiger partial charge in [0.05, 0.1) is 13.2 Å². The molecule has 10 nitrogen and oxygen atoms in total. The first kappa shape index (κ1) is 34.4. The third-order valence-corrected chi connectivity index (χ3v) is 4.30. The van der Waals surface area contributed by atoms with E-state index in [1.165, 1.54) is 13.8 Å². The number of hydrogen-bond acceptors (Lipinski definition) is 10. The molecule has 0 bridgehead atoms. The fourth-order valence-electron chi connectivity index (χ4n) is 1.42. The van der Waals surface area contributed by atoms with Crippen LogP contribution in [-0.2, 0) is 53.4 Å². The molecule has 0 heterocycles. The number of ether oxygens (including phenoxy) is 2. The summed E-state index contributed by atoms with van der Waals surface area (Å²) >= 11 is -4.32. The molecule has 0 aliphatic rings. The summed E-state index contributed by atoms with van der Waals surface area (Å²) in [7, 11) is 0. The Bertz CT molecular complexity index is 474. The number of hydrogen-bond donors (Lipinski definition) is 2. The summed E-state index contributed by atoms with van der Waals surface area (Å²) in [5.74, 6) is -0.629. The summed E-state index contributed by atoms with van der Waals surface area (Å²) in [6.45, 7) is 15.3. The molecule has 0 radical (unpaired) electrons. The van der Waals surface area contributed by atoms with Gasteiger partial charge in [0.2, 0.25) is 0 Å². The zero-order valence-electron chi connectivity index (χ0n) is 20.1. The molecule has 0 aromatic rings. The Morgan fingerprint density at radius 3 is 1.19 bits per heavy atom. The third kappa shape index (κ3) is 33.7. The maximum absolute atomic E-state index is 10.4. The second kappa shape index (κ2) is 20.7. The molecule has 0 aliphatic heterocycles. The molecular weight excluding hydrogens is 448 g/mol. The molecule has 0 spiro atoms. The normalized spacial score (nSPS) is 10.5. The van der Waals surface area contributed by atoms with Crippen LogP contribution in [0.1, 0.15) is 68.2 Å². The molecule has 0 amide bonds. The van der Waals surface area contributed by atoms with E-state index in [1.54, 1.807) is 13.8 Å². The first-order valence-corrected chi connectivity index (χ1v) is 12.9. The van der Waals surface area contributed by atoms with Gasteiger partial charge in [0.25, 0.3) is 0 Å². The van der Waals surface area contributed by atoms with Crippen LogP contribution in [0.3, 0.4) is 0 Å². The van der Waals surface area contributed by atoms with Crippen LogP contribution in [0, 0.1) is 11.8 Å². The van der Waals surface area contributed by atoms with Gasteiger partial charge in [0, 0.05) is 0 Å². The van der Waals surface area contributed by atoms with E-state index in [1.807, 2.05) is 27.7 Å². The molecule has 0 saturated heterocycles. The van der Waals surface area contributed by atoms with Gasteiger partial charge < -0.3 is 9.47 Å². The number of esters is 2. The van der Waals surface area contributed by atoms with Crippen molar-refractivity contribution in [2.24, 2.45) is 11.8 Å². The van der Waals surface area contributed by atoms with E-state index in [0.717, 1.165) is 0 Å². The van der Waals surface area contributed by atoms with Crippen molar-refractivity contribution >= 4 is 23.5 Å². The van der Waals surface area contributed by atoms with Crippen LogP contribution in [0.4, 0.5) is 0 Å². The summed E-state index contributed by atoms with van der Waals surface area (Å²) in [4.78, 5) is 41.3. The van der Waals surface area contributed by atoms with Crippen molar-refractivity contribution in [2.45, 2.75) is 68.2 Å². The summed E-state index contributed by atoms with van der Waals surface area (Å²) in [5.41, 5.74) is 0. The van der Waals surface area contributed by atoms with Crippen molar-refractivity contribution < 1.29 is 60.8 Å². The van der Waals surface area contributed by atoms with Gasteiger partial charge in [-0.15, -0.1) is 0 Å². The summed E-state index contributed by atoms with van der Waals surface area (Å²) in [6.07, 6.45) is -0.207. The van der Waals surface area contributed by atoms with Gasteiger partial charge in [0.15, 0.2) is 0 Å². The van der Waals surface area contributed by atoms with E-state index >= 15 is 0 Å². The van der Waals surface area contributed by atoms with Crippen molar-refractivity contribution in [3.63, 3.8) is 0 Å². The van der Waals surface area contributed by atoms with Crippen molar-refractivity contribution in [2.75, 3.05) is 26.4 Å². The van der Waals surface area contributed by atoms with Gasteiger partial charge in [0.1, 0.15) is 24.4 Å². The number of carbonyl (C=O) groups excluding carboxylic acids is 4. The molecule has 184 valence electrons. The van der Waals surface area contributed by atoms with Crippen LogP contribution in [0.5, 0.6) is 0 Å². The molecule has 0 saturated carbocycles. The Balaban J connectivity index is -0.000000390. The van der Waals surface area contributed by atoms with E-state index in [4.69, 9.17) is 6.64 Å². The van der Waals surface area contributed by atoms with Gasteiger partial charge in [-0.25, -0.2) is 0 Å². The fourth-order valence-corrected chi connectivity index (χ4v) is 3.27. The van der Waals surface area contributed by atoms with Gasteiger partial charge >= 0.3 is 96.8 Å². The smallest absolute Gasteiger partial charge is 0.313 e. The van der Waals surface area contributed by atoms with E-state index in [2.05, 4.69) is 9.47 Å². The molecule has 11 heteroatoms. The topological polar surface area (TPSA) is 146 Å². The molecule has 0 rings (SSSR count). The molecule has 0 fully saturated rings. The van der Waals surface area contributed by atoms with Gasteiger partial charge in [-0.2, -0.15) is 0 Å². The van der Waals surface area contributed by atoms with Gasteiger partial charge in [-0.05, 0) is 27.7 Å². The first-order chi connectivity index (χ1) is 14.2. The van der Waals surface area contributed by atoms with Crippen molar-refractivity contribution in [3.05, 3.63) is 0 Å². The van der Waals surface area contributed by atoms with Crippen LogP contribution >= 0.6 is 0 Å². The Morgan fingerprint density at radius 1 is 0.710 bits per heavy atom. The van der Waals surface area contributed by atoms with Gasteiger partial charge in [-0.1, -0.05) is 0 Å². The zero-order chi connectivity index (χ0) is 25.0. The van der Waals surface area contributed by atoms with Crippen LogP contribution in [0.15, 0.2) is 0 Å². The Kier molecular flexibility index (Phi) is 23.0. The van der Waals surface area contributed by atoms with E-state index < -0.39 is 30.1 Å². The quantitative estimate of drug-likeness (QED) is 0.238. The van der Waals surface area contributed by atoms with Crippen molar-refractivity contribution in [1.82, 2.24) is 0 Å². The molecule has 0 atom stereocenters. The summed E-state index contributed by atoms with van der Waals surface area (Å²) in [6, 6.07) is 0. The minimum Gasteiger partial charge on any atom is -0.466 e. The molecule has 0 aromatic heterocycles. The maximum Gasteiger partial charge on any atom is 0.313 e. The largest absolute Gasteiger partial charge is 0.466 e. The molecular formula is C20H40O10Ti. The summed E-state index contributed by atoms with van der Waals surface area (Å²) in [5, 5.41) is 0. The minimum absolute atomic E-state index is 0.103. The van der Waals surface area contributed by atoms with Crippen molar-refractivity contribution in [3.8, 4) is 0 Å².